The highest BCUT2D eigenvalue weighted by atomic mass is 16.5. The van der Waals surface area contributed by atoms with Crippen LogP contribution in [0.1, 0.15) is 22.8 Å². The van der Waals surface area contributed by atoms with Crippen molar-refractivity contribution < 1.29 is 13.7 Å². The van der Waals surface area contributed by atoms with Crippen LogP contribution in [0.5, 0.6) is 5.75 Å². The highest BCUT2D eigenvalue weighted by Gasteiger charge is 2.16. The van der Waals surface area contributed by atoms with Gasteiger partial charge in [-0.15, -0.1) is 0 Å². The van der Waals surface area contributed by atoms with E-state index in [0.29, 0.717) is 35.4 Å². The van der Waals surface area contributed by atoms with Gasteiger partial charge in [0.25, 0.3) is 5.89 Å². The number of aryl methyl sites for hydroxylation is 1. The molecule has 0 atom stereocenters. The van der Waals surface area contributed by atoms with E-state index in [1.54, 1.807) is 31.4 Å². The maximum atomic E-state index is 8.88. The van der Waals surface area contributed by atoms with Crippen molar-refractivity contribution in [1.82, 2.24) is 15.1 Å². The Labute approximate surface area is 161 Å². The monoisotopic (exact) mass is 372 g/mol. The van der Waals surface area contributed by atoms with E-state index in [1.807, 2.05) is 31.2 Å². The second-order valence-electron chi connectivity index (χ2n) is 6.13. The Hall–Kier alpha value is -3.92. The van der Waals surface area contributed by atoms with E-state index in [9.17, 15) is 0 Å². The Morgan fingerprint density at radius 1 is 0.964 bits per heavy atom. The summed E-state index contributed by atoms with van der Waals surface area (Å²) in [5.74, 6) is 2.92. The molecular formula is C21H16N4O3. The van der Waals surface area contributed by atoms with E-state index in [2.05, 4.69) is 21.2 Å². The van der Waals surface area contributed by atoms with Crippen LogP contribution >= 0.6 is 0 Å². The first-order valence-electron chi connectivity index (χ1n) is 8.60. The fourth-order valence-electron chi connectivity index (χ4n) is 2.73. The summed E-state index contributed by atoms with van der Waals surface area (Å²) in [7, 11) is 1.62. The number of rotatable bonds is 5. The number of methoxy groups -OCH3 is 1. The molecule has 2 aromatic carbocycles. The molecular weight excluding hydrogens is 356 g/mol. The third-order valence-electron chi connectivity index (χ3n) is 4.28. The number of aromatic nitrogens is 3. The topological polar surface area (TPSA) is 98.0 Å². The third kappa shape index (κ3) is 3.48. The van der Waals surface area contributed by atoms with Gasteiger partial charge in [-0.3, -0.25) is 0 Å². The summed E-state index contributed by atoms with van der Waals surface area (Å²) >= 11 is 0. The zero-order valence-electron chi connectivity index (χ0n) is 15.3. The van der Waals surface area contributed by atoms with Gasteiger partial charge in [-0.2, -0.15) is 10.2 Å². The SMILES string of the molecule is COc1ccc(-c2nc(Cc3noc(-c4ccc(C#N)cc4)n3)c(C)o2)cc1. The molecule has 7 nitrogen and oxygen atoms in total. The van der Waals surface area contributed by atoms with Gasteiger partial charge in [-0.25, -0.2) is 4.98 Å². The van der Waals surface area contributed by atoms with Gasteiger partial charge in [0.2, 0.25) is 5.89 Å². The van der Waals surface area contributed by atoms with E-state index in [1.165, 1.54) is 0 Å². The second-order valence-corrected chi connectivity index (χ2v) is 6.13. The van der Waals surface area contributed by atoms with Gasteiger partial charge in [0.15, 0.2) is 5.82 Å². The average Bonchev–Trinajstić information content (AvgIpc) is 3.35. The Bertz CT molecular complexity index is 1140. The molecule has 0 spiro atoms. The van der Waals surface area contributed by atoms with Gasteiger partial charge in [-0.1, -0.05) is 5.16 Å². The van der Waals surface area contributed by atoms with E-state index in [-0.39, 0.29) is 0 Å². The fourth-order valence-corrected chi connectivity index (χ4v) is 2.73. The summed E-state index contributed by atoms with van der Waals surface area (Å²) in [4.78, 5) is 8.99. The molecule has 4 rings (SSSR count). The third-order valence-corrected chi connectivity index (χ3v) is 4.28. The number of nitrogens with zero attached hydrogens (tertiary/aromatic N) is 4. The fraction of sp³-hybridized carbons (Fsp3) is 0.143. The number of hydrogen-bond donors (Lipinski definition) is 0. The molecule has 0 unspecified atom stereocenters. The summed E-state index contributed by atoms with van der Waals surface area (Å²) in [6, 6.07) is 16.6. The van der Waals surface area contributed by atoms with Crippen LogP contribution in [0.25, 0.3) is 22.9 Å². The molecule has 0 N–H and O–H groups in total. The zero-order chi connectivity index (χ0) is 19.5. The summed E-state index contributed by atoms with van der Waals surface area (Å²) in [5, 5.41) is 12.9. The van der Waals surface area contributed by atoms with Gasteiger partial charge in [0.05, 0.1) is 30.9 Å². The first-order valence-corrected chi connectivity index (χ1v) is 8.60. The summed E-state index contributed by atoms with van der Waals surface area (Å²) < 4.78 is 16.3. The van der Waals surface area contributed by atoms with Gasteiger partial charge in [-0.05, 0) is 55.5 Å². The molecule has 0 aliphatic carbocycles. The lowest BCUT2D eigenvalue weighted by atomic mass is 10.1. The van der Waals surface area contributed by atoms with Crippen LogP contribution in [-0.4, -0.2) is 22.2 Å². The Morgan fingerprint density at radius 2 is 1.64 bits per heavy atom. The van der Waals surface area contributed by atoms with Crippen LogP contribution in [-0.2, 0) is 6.42 Å². The van der Waals surface area contributed by atoms with E-state index >= 15 is 0 Å². The van der Waals surface area contributed by atoms with E-state index < -0.39 is 0 Å². The van der Waals surface area contributed by atoms with Crippen molar-refractivity contribution in [1.29, 1.82) is 5.26 Å². The van der Waals surface area contributed by atoms with Crippen molar-refractivity contribution in [2.75, 3.05) is 7.11 Å². The molecule has 0 saturated heterocycles. The normalized spacial score (nSPS) is 10.6. The van der Waals surface area contributed by atoms with Crippen molar-refractivity contribution in [2.24, 2.45) is 0 Å². The van der Waals surface area contributed by atoms with Gasteiger partial charge < -0.3 is 13.7 Å². The van der Waals surface area contributed by atoms with Crippen molar-refractivity contribution in [3.8, 4) is 34.7 Å². The van der Waals surface area contributed by atoms with E-state index in [4.69, 9.17) is 18.9 Å². The molecule has 4 aromatic rings. The van der Waals surface area contributed by atoms with Crippen molar-refractivity contribution >= 4 is 0 Å². The molecule has 0 aliphatic heterocycles. The summed E-state index contributed by atoms with van der Waals surface area (Å²) in [5.41, 5.74) is 2.95. The first-order chi connectivity index (χ1) is 13.7. The van der Waals surface area contributed by atoms with Gasteiger partial charge in [0, 0.05) is 11.1 Å². The maximum Gasteiger partial charge on any atom is 0.257 e. The lowest BCUT2D eigenvalue weighted by Gasteiger charge is -1.99. The molecule has 28 heavy (non-hydrogen) atoms. The minimum absolute atomic E-state index is 0.394. The highest BCUT2D eigenvalue weighted by molar-refractivity contribution is 5.56. The Kier molecular flexibility index (Phi) is 4.60. The van der Waals surface area contributed by atoms with Crippen LogP contribution in [0.2, 0.25) is 0 Å². The molecule has 0 saturated carbocycles. The summed E-state index contributed by atoms with van der Waals surface area (Å²) in [6.45, 7) is 1.86. The Balaban J connectivity index is 1.54. The Morgan fingerprint density at radius 3 is 2.32 bits per heavy atom. The van der Waals surface area contributed by atoms with Crippen LogP contribution in [0.3, 0.4) is 0 Å². The standard InChI is InChI=1S/C21H16N4O3/c1-13-18(23-20(27-13)15-7-9-17(26-2)10-8-15)11-19-24-21(28-25-19)16-5-3-14(12-22)4-6-16/h3-10H,11H2,1-2H3. The lowest BCUT2D eigenvalue weighted by Crippen LogP contribution is -1.93. The zero-order valence-corrected chi connectivity index (χ0v) is 15.3. The first kappa shape index (κ1) is 17.5. The average molecular weight is 372 g/mol. The van der Waals surface area contributed by atoms with Crippen molar-refractivity contribution in [3.05, 3.63) is 71.4 Å². The maximum absolute atomic E-state index is 8.88. The van der Waals surface area contributed by atoms with Gasteiger partial charge in [0.1, 0.15) is 11.5 Å². The molecule has 2 heterocycles. The predicted octanol–water partition coefficient (Wildman–Crippen LogP) is 4.17. The van der Waals surface area contributed by atoms with Crippen LogP contribution in [0.15, 0.2) is 57.5 Å². The number of benzene rings is 2. The summed E-state index contributed by atoms with van der Waals surface area (Å²) in [6.07, 6.45) is 0.394. The van der Waals surface area contributed by atoms with Crippen LogP contribution in [0, 0.1) is 18.3 Å². The molecule has 0 aliphatic rings. The minimum atomic E-state index is 0.394. The number of nitriles is 1. The molecule has 138 valence electrons. The lowest BCUT2D eigenvalue weighted by molar-refractivity contribution is 0.415. The minimum Gasteiger partial charge on any atom is -0.497 e. The van der Waals surface area contributed by atoms with Crippen molar-refractivity contribution in [2.45, 2.75) is 13.3 Å². The molecule has 2 aromatic heterocycles. The largest absolute Gasteiger partial charge is 0.497 e. The number of ether oxygens (including phenoxy) is 1. The molecule has 0 radical (unpaired) electrons. The van der Waals surface area contributed by atoms with Crippen LogP contribution < -0.4 is 4.74 Å². The number of oxazole rings is 1. The number of hydrogen-bond acceptors (Lipinski definition) is 7. The molecule has 0 bridgehead atoms. The second kappa shape index (κ2) is 7.37. The van der Waals surface area contributed by atoms with Crippen LogP contribution in [0.4, 0.5) is 0 Å². The molecule has 0 amide bonds. The van der Waals surface area contributed by atoms with Crippen molar-refractivity contribution in [3.63, 3.8) is 0 Å². The van der Waals surface area contributed by atoms with E-state index in [0.717, 1.165) is 22.6 Å². The predicted molar refractivity (Wildman–Crippen MR) is 100 cm³/mol. The van der Waals surface area contributed by atoms with Gasteiger partial charge >= 0.3 is 0 Å². The molecule has 0 fully saturated rings. The smallest absolute Gasteiger partial charge is 0.257 e. The highest BCUT2D eigenvalue weighted by Crippen LogP contribution is 2.25. The molecule has 7 heteroatoms. The quantitative estimate of drug-likeness (QED) is 0.518.